The average molecular weight is 718 g/mol. The van der Waals surface area contributed by atoms with Crippen molar-refractivity contribution in [3.8, 4) is 0 Å². The fourth-order valence-corrected chi connectivity index (χ4v) is 3.55. The maximum Gasteiger partial charge on any atom is 0.355 e. The van der Waals surface area contributed by atoms with E-state index >= 15 is 0 Å². The van der Waals surface area contributed by atoms with Crippen LogP contribution in [-0.2, 0) is 47.7 Å². The zero-order valence-electron chi connectivity index (χ0n) is 24.7. The second-order valence-corrected chi connectivity index (χ2v) is 9.90. The quantitative estimate of drug-likeness (QED) is 0.0268. The Morgan fingerprint density at radius 2 is 1.57 bits per heavy atom. The molecule has 1 saturated heterocycles. The Labute approximate surface area is 261 Å². The number of hydrogen-bond acceptors (Lipinski definition) is 12. The Morgan fingerprint density at radius 1 is 0.952 bits per heavy atom. The molecule has 2 atom stereocenters. The molecule has 42 heavy (non-hydrogen) atoms. The predicted molar refractivity (Wildman–Crippen MR) is 162 cm³/mol. The van der Waals surface area contributed by atoms with Crippen molar-refractivity contribution < 1.29 is 47.7 Å². The molecule has 0 bridgehead atoms. The molecule has 16 heteroatoms. The van der Waals surface area contributed by atoms with Gasteiger partial charge in [0.1, 0.15) is 12.1 Å². The second-order valence-electron chi connectivity index (χ2n) is 9.14. The highest BCUT2D eigenvalue weighted by atomic mass is 127. The van der Waals surface area contributed by atoms with Crippen molar-refractivity contribution in [1.29, 1.82) is 5.41 Å². The van der Waals surface area contributed by atoms with Crippen LogP contribution in [0.5, 0.6) is 0 Å². The lowest BCUT2D eigenvalue weighted by atomic mass is 10.1. The fraction of sp³-hybridized carbons (Fsp3) is 0.808. The van der Waals surface area contributed by atoms with Crippen LogP contribution in [0, 0.1) is 5.41 Å². The molecular formula is C26H48IN5O10. The second kappa shape index (κ2) is 26.7. The third kappa shape index (κ3) is 20.8. The summed E-state index contributed by atoms with van der Waals surface area (Å²) in [6.45, 7) is 4.54. The number of nitrogens with one attached hydrogen (secondary N) is 2. The maximum absolute atomic E-state index is 12.2. The van der Waals surface area contributed by atoms with Crippen LogP contribution in [0.3, 0.4) is 0 Å². The van der Waals surface area contributed by atoms with Crippen LogP contribution in [0.25, 0.3) is 0 Å². The number of carbonyl (C=O) groups excluding carboxylic acids is 4. The Morgan fingerprint density at radius 3 is 2.14 bits per heavy atom. The first kappa shape index (κ1) is 40.0. The molecule has 1 fully saturated rings. The number of alkyl halides is 1. The van der Waals surface area contributed by atoms with Crippen LogP contribution in [0.1, 0.15) is 51.4 Å². The highest BCUT2D eigenvalue weighted by molar-refractivity contribution is 14.1. The fourth-order valence-electron chi connectivity index (χ4n) is 3.33. The minimum absolute atomic E-state index is 0.0158. The third-order valence-electron chi connectivity index (χ3n) is 5.54. The number of methoxy groups -OCH3 is 2. The Bertz CT molecular complexity index is 765. The molecular weight excluding hydrogens is 669 g/mol. The minimum Gasteiger partial charge on any atom is -0.388 e. The molecule has 1 aliphatic rings. The molecule has 0 aromatic heterocycles. The molecule has 1 aliphatic heterocycles. The summed E-state index contributed by atoms with van der Waals surface area (Å²) in [5.74, 6) is -2.18. The zero-order chi connectivity index (χ0) is 31.6. The third-order valence-corrected chi connectivity index (χ3v) is 6.23. The van der Waals surface area contributed by atoms with Crippen molar-refractivity contribution in [2.75, 3.05) is 71.4 Å². The van der Waals surface area contributed by atoms with Crippen LogP contribution in [0.15, 0.2) is 0 Å². The van der Waals surface area contributed by atoms with Gasteiger partial charge in [0.2, 0.25) is 5.91 Å². The standard InChI is InChI=1S/C14H21IN4O5.C12H27NO5/c15-8-11(20)18-9(4-2-1-3-5-10(16)17)14(23)24-19-12(21)6-7-13(19)22;1-14-6-8-17-11-12(18-9-7-15-2)10-16-5-3-4-13/h9H,1-8H2,(H3,16,17)(H,18,20);12H,3-11,13H2,1-2H3/t9-;/m0./s1. The lowest BCUT2D eigenvalue weighted by molar-refractivity contribution is -0.199. The number of nitrogens with two attached hydrogens (primary N) is 2. The number of ether oxygens (including phenoxy) is 5. The number of hydrogen-bond donors (Lipinski definition) is 4. The first-order valence-corrected chi connectivity index (χ1v) is 15.4. The summed E-state index contributed by atoms with van der Waals surface area (Å²) in [5.41, 5.74) is 10.7. The number of amides is 3. The van der Waals surface area contributed by atoms with Crippen molar-refractivity contribution in [1.82, 2.24) is 10.4 Å². The van der Waals surface area contributed by atoms with Gasteiger partial charge in [0.05, 0.1) is 49.9 Å². The van der Waals surface area contributed by atoms with E-state index in [9.17, 15) is 19.2 Å². The van der Waals surface area contributed by atoms with Crippen molar-refractivity contribution in [3.05, 3.63) is 0 Å². The number of imide groups is 1. The SMILES string of the molecule is COCCOCC(COCCCN)OCCOC.N=C(N)CCCCC[C@H](NC(=O)CI)C(=O)ON1C(=O)CCC1=O. The number of halogens is 1. The lowest BCUT2D eigenvalue weighted by Crippen LogP contribution is -2.45. The molecule has 3 amide bonds. The van der Waals surface area contributed by atoms with Gasteiger partial charge in [-0.1, -0.05) is 35.4 Å². The van der Waals surface area contributed by atoms with Crippen molar-refractivity contribution in [3.63, 3.8) is 0 Å². The largest absolute Gasteiger partial charge is 0.388 e. The first-order chi connectivity index (χ1) is 20.2. The van der Waals surface area contributed by atoms with Gasteiger partial charge in [-0.2, -0.15) is 0 Å². The van der Waals surface area contributed by atoms with E-state index in [4.69, 9.17) is 45.4 Å². The summed E-state index contributed by atoms with van der Waals surface area (Å²) in [6.07, 6.45) is 3.65. The first-order valence-electron chi connectivity index (χ1n) is 13.9. The van der Waals surface area contributed by atoms with Crippen LogP contribution in [0.2, 0.25) is 0 Å². The van der Waals surface area contributed by atoms with Gasteiger partial charge < -0.3 is 45.3 Å². The number of hydroxylamine groups is 2. The molecule has 1 rings (SSSR count). The van der Waals surface area contributed by atoms with Gasteiger partial charge in [-0.05, 0) is 25.8 Å². The van der Waals surface area contributed by atoms with Gasteiger partial charge in [-0.15, -0.1) is 5.06 Å². The number of nitrogens with zero attached hydrogens (tertiary/aromatic N) is 1. The van der Waals surface area contributed by atoms with Gasteiger partial charge >= 0.3 is 5.97 Å². The Hall–Kier alpha value is -1.96. The Kier molecular flexibility index (Phi) is 25.4. The number of unbranched alkanes of at least 4 members (excludes halogenated alkanes) is 2. The van der Waals surface area contributed by atoms with Crippen LogP contribution >= 0.6 is 22.6 Å². The summed E-state index contributed by atoms with van der Waals surface area (Å²) in [7, 11) is 3.29. The molecule has 0 saturated carbocycles. The summed E-state index contributed by atoms with van der Waals surface area (Å²) in [4.78, 5) is 51.6. The number of rotatable bonds is 24. The van der Waals surface area contributed by atoms with Gasteiger partial charge in [0.25, 0.3) is 11.8 Å². The smallest absolute Gasteiger partial charge is 0.355 e. The van der Waals surface area contributed by atoms with Crippen molar-refractivity contribution in [2.24, 2.45) is 11.5 Å². The molecule has 244 valence electrons. The van der Waals surface area contributed by atoms with Gasteiger partial charge in [0, 0.05) is 40.1 Å². The molecule has 0 radical (unpaired) electrons. The summed E-state index contributed by atoms with van der Waals surface area (Å²) in [6, 6.07) is -0.925. The molecule has 1 heterocycles. The van der Waals surface area contributed by atoms with E-state index in [-0.39, 0.29) is 35.1 Å². The summed E-state index contributed by atoms with van der Waals surface area (Å²) in [5, 5.41) is 10.1. The molecule has 1 unspecified atom stereocenters. The lowest BCUT2D eigenvalue weighted by Gasteiger charge is -2.19. The molecule has 0 aromatic carbocycles. The average Bonchev–Trinajstić information content (AvgIpc) is 3.28. The van der Waals surface area contributed by atoms with Gasteiger partial charge in [-0.3, -0.25) is 19.8 Å². The van der Waals surface area contributed by atoms with Crippen molar-refractivity contribution in [2.45, 2.75) is 63.5 Å². The van der Waals surface area contributed by atoms with Crippen LogP contribution in [-0.4, -0.2) is 118 Å². The minimum atomic E-state index is -0.925. The number of amidine groups is 1. The molecule has 6 N–H and O–H groups in total. The van der Waals surface area contributed by atoms with E-state index in [0.29, 0.717) is 83.5 Å². The monoisotopic (exact) mass is 717 g/mol. The molecule has 0 aromatic rings. The highest BCUT2D eigenvalue weighted by Gasteiger charge is 2.35. The molecule has 0 spiro atoms. The van der Waals surface area contributed by atoms with Gasteiger partial charge in [-0.25, -0.2) is 4.79 Å². The van der Waals surface area contributed by atoms with E-state index in [1.807, 2.05) is 22.6 Å². The predicted octanol–water partition coefficient (Wildman–Crippen LogP) is 0.446. The maximum atomic E-state index is 12.2. The van der Waals surface area contributed by atoms with E-state index in [0.717, 1.165) is 12.8 Å². The topological polar surface area (TPSA) is 215 Å². The zero-order valence-corrected chi connectivity index (χ0v) is 26.9. The number of carbonyl (C=O) groups is 4. The van der Waals surface area contributed by atoms with E-state index in [2.05, 4.69) is 5.32 Å². The highest BCUT2D eigenvalue weighted by Crippen LogP contribution is 2.14. The van der Waals surface area contributed by atoms with Crippen molar-refractivity contribution >= 4 is 52.1 Å². The molecule has 0 aliphatic carbocycles. The van der Waals surface area contributed by atoms with E-state index < -0.39 is 23.8 Å². The summed E-state index contributed by atoms with van der Waals surface area (Å²) < 4.78 is 26.5. The van der Waals surface area contributed by atoms with E-state index in [1.165, 1.54) is 0 Å². The summed E-state index contributed by atoms with van der Waals surface area (Å²) >= 11 is 1.86. The normalized spacial score (nSPS) is 14.2. The van der Waals surface area contributed by atoms with E-state index in [1.54, 1.807) is 14.2 Å². The van der Waals surface area contributed by atoms with Crippen LogP contribution < -0.4 is 16.8 Å². The van der Waals surface area contributed by atoms with Crippen LogP contribution in [0.4, 0.5) is 0 Å². The molecule has 15 nitrogen and oxygen atoms in total. The van der Waals surface area contributed by atoms with Gasteiger partial charge in [0.15, 0.2) is 0 Å². The Balaban J connectivity index is 0.000000837.